The molecule has 1 aliphatic rings. The van der Waals surface area contributed by atoms with Crippen LogP contribution in [-0.4, -0.2) is 55.6 Å². The quantitative estimate of drug-likeness (QED) is 0.521. The van der Waals surface area contributed by atoms with Gasteiger partial charge in [0.15, 0.2) is 0 Å². The molecule has 0 aliphatic carbocycles. The summed E-state index contributed by atoms with van der Waals surface area (Å²) in [5, 5.41) is 9.12. The van der Waals surface area contributed by atoms with Crippen LogP contribution in [0.2, 0.25) is 0 Å². The van der Waals surface area contributed by atoms with Gasteiger partial charge in [-0.05, 0) is 13.3 Å². The minimum absolute atomic E-state index is 0.456. The van der Waals surface area contributed by atoms with Crippen molar-refractivity contribution in [1.29, 1.82) is 0 Å². The second-order valence-corrected chi connectivity index (χ2v) is 3.80. The Hall–Kier alpha value is -0.580. The van der Waals surface area contributed by atoms with Crippen molar-refractivity contribution in [2.75, 3.05) is 39.5 Å². The highest BCUT2D eigenvalue weighted by Crippen LogP contribution is 2.03. The Labute approximate surface area is 91.5 Å². The molecular weight excluding hydrogens is 194 g/mol. The molecule has 0 aromatic heterocycles. The predicted octanol–water partition coefficient (Wildman–Crippen LogP) is 0.620. The molecule has 0 bridgehead atoms. The van der Waals surface area contributed by atoms with Crippen LogP contribution < -0.4 is 0 Å². The fourth-order valence-corrected chi connectivity index (χ4v) is 1.44. The Morgan fingerprint density at radius 2 is 2.20 bits per heavy atom. The Kier molecular flexibility index (Phi) is 5.68. The number of aliphatic hydroxyl groups is 1. The number of aliphatic hydroxyl groups excluding tert-OH is 1. The van der Waals surface area contributed by atoms with E-state index in [0.717, 1.165) is 39.3 Å². The van der Waals surface area contributed by atoms with E-state index in [2.05, 4.69) is 11.5 Å². The maximum absolute atomic E-state index is 9.12. The van der Waals surface area contributed by atoms with Gasteiger partial charge in [-0.2, -0.15) is 0 Å². The van der Waals surface area contributed by atoms with E-state index in [0.29, 0.717) is 12.4 Å². The van der Waals surface area contributed by atoms with Gasteiger partial charge in [-0.25, -0.2) is 0 Å². The second kappa shape index (κ2) is 6.82. The van der Waals surface area contributed by atoms with Crippen molar-refractivity contribution in [1.82, 2.24) is 4.90 Å². The molecular formula is C11H21NO3. The largest absolute Gasteiger partial charge is 0.496 e. The van der Waals surface area contributed by atoms with Crippen LogP contribution in [0.3, 0.4) is 0 Å². The Morgan fingerprint density at radius 1 is 1.53 bits per heavy atom. The molecule has 4 nitrogen and oxygen atoms in total. The summed E-state index contributed by atoms with van der Waals surface area (Å²) >= 11 is 0. The van der Waals surface area contributed by atoms with Crippen molar-refractivity contribution >= 4 is 0 Å². The lowest BCUT2D eigenvalue weighted by atomic mass is 10.3. The van der Waals surface area contributed by atoms with E-state index in [1.54, 1.807) is 6.92 Å². The summed E-state index contributed by atoms with van der Waals surface area (Å²) in [7, 11) is 0. The first-order valence-electron chi connectivity index (χ1n) is 5.50. The normalized spacial score (nSPS) is 19.9. The van der Waals surface area contributed by atoms with Gasteiger partial charge in [0.25, 0.3) is 0 Å². The maximum atomic E-state index is 9.12. The third-order valence-corrected chi connectivity index (χ3v) is 2.48. The minimum atomic E-state index is -0.576. The van der Waals surface area contributed by atoms with Gasteiger partial charge in [0.05, 0.1) is 19.8 Å². The number of hydrogen-bond donors (Lipinski definition) is 1. The van der Waals surface area contributed by atoms with Crippen LogP contribution in [0.15, 0.2) is 12.3 Å². The van der Waals surface area contributed by atoms with E-state index < -0.39 is 6.10 Å². The molecule has 1 rings (SSSR count). The SMILES string of the molecule is C=C(OCCCN1CCOCC1)[C@H](C)O. The van der Waals surface area contributed by atoms with Gasteiger partial charge in [0.1, 0.15) is 11.9 Å². The fraction of sp³-hybridized carbons (Fsp3) is 0.818. The lowest BCUT2D eigenvalue weighted by Gasteiger charge is -2.26. The van der Waals surface area contributed by atoms with Crippen LogP contribution in [0.25, 0.3) is 0 Å². The molecule has 0 amide bonds. The van der Waals surface area contributed by atoms with Gasteiger partial charge >= 0.3 is 0 Å². The molecule has 88 valence electrons. The third-order valence-electron chi connectivity index (χ3n) is 2.48. The van der Waals surface area contributed by atoms with E-state index in [1.807, 2.05) is 0 Å². The molecule has 1 N–H and O–H groups in total. The second-order valence-electron chi connectivity index (χ2n) is 3.80. The highest BCUT2D eigenvalue weighted by atomic mass is 16.5. The van der Waals surface area contributed by atoms with E-state index >= 15 is 0 Å². The lowest BCUT2D eigenvalue weighted by molar-refractivity contribution is 0.0328. The molecule has 4 heteroatoms. The van der Waals surface area contributed by atoms with Crippen LogP contribution in [-0.2, 0) is 9.47 Å². The number of morpholine rings is 1. The standard InChI is InChI=1S/C11H21NO3/c1-10(13)11(2)15-7-3-4-12-5-8-14-9-6-12/h10,13H,2-9H2,1H3/t10-/m0/s1. The Balaban J connectivity index is 1.98. The molecule has 0 saturated carbocycles. The molecule has 0 unspecified atom stereocenters. The van der Waals surface area contributed by atoms with Crippen LogP contribution >= 0.6 is 0 Å². The maximum Gasteiger partial charge on any atom is 0.117 e. The molecule has 1 aliphatic heterocycles. The van der Waals surface area contributed by atoms with E-state index in [-0.39, 0.29) is 0 Å². The topological polar surface area (TPSA) is 41.9 Å². The van der Waals surface area contributed by atoms with E-state index in [4.69, 9.17) is 14.6 Å². The summed E-state index contributed by atoms with van der Waals surface area (Å²) in [6, 6.07) is 0. The first-order valence-corrected chi connectivity index (χ1v) is 5.50. The fourth-order valence-electron chi connectivity index (χ4n) is 1.44. The van der Waals surface area contributed by atoms with Crippen LogP contribution in [0.4, 0.5) is 0 Å². The number of rotatable bonds is 6. The van der Waals surface area contributed by atoms with Gasteiger partial charge in [0.2, 0.25) is 0 Å². The van der Waals surface area contributed by atoms with Crippen LogP contribution in [0, 0.1) is 0 Å². The number of nitrogens with zero attached hydrogens (tertiary/aromatic N) is 1. The number of ether oxygens (including phenoxy) is 2. The summed E-state index contributed by atoms with van der Waals surface area (Å²) in [4.78, 5) is 2.36. The van der Waals surface area contributed by atoms with Gasteiger partial charge < -0.3 is 14.6 Å². The summed E-state index contributed by atoms with van der Waals surface area (Å²) in [5.74, 6) is 0.456. The average Bonchev–Trinajstić information content (AvgIpc) is 2.25. The number of hydrogen-bond acceptors (Lipinski definition) is 4. The Morgan fingerprint density at radius 3 is 2.80 bits per heavy atom. The van der Waals surface area contributed by atoms with Crippen molar-refractivity contribution < 1.29 is 14.6 Å². The molecule has 1 heterocycles. The first kappa shape index (κ1) is 12.5. The molecule has 15 heavy (non-hydrogen) atoms. The summed E-state index contributed by atoms with van der Waals surface area (Å²) < 4.78 is 10.5. The van der Waals surface area contributed by atoms with E-state index in [9.17, 15) is 0 Å². The van der Waals surface area contributed by atoms with E-state index in [1.165, 1.54) is 0 Å². The van der Waals surface area contributed by atoms with Crippen molar-refractivity contribution in [2.45, 2.75) is 19.4 Å². The van der Waals surface area contributed by atoms with Gasteiger partial charge in [-0.15, -0.1) is 0 Å². The highest BCUT2D eigenvalue weighted by molar-refractivity contribution is 4.88. The molecule has 1 fully saturated rings. The van der Waals surface area contributed by atoms with Crippen molar-refractivity contribution in [2.24, 2.45) is 0 Å². The van der Waals surface area contributed by atoms with Crippen LogP contribution in [0.5, 0.6) is 0 Å². The van der Waals surface area contributed by atoms with Crippen molar-refractivity contribution in [3.05, 3.63) is 12.3 Å². The summed E-state index contributed by atoms with van der Waals surface area (Å²) in [5.41, 5.74) is 0. The lowest BCUT2D eigenvalue weighted by Crippen LogP contribution is -2.37. The van der Waals surface area contributed by atoms with Gasteiger partial charge in [-0.3, -0.25) is 4.90 Å². The monoisotopic (exact) mass is 215 g/mol. The molecule has 1 saturated heterocycles. The van der Waals surface area contributed by atoms with Crippen molar-refractivity contribution in [3.63, 3.8) is 0 Å². The third kappa shape index (κ3) is 5.16. The average molecular weight is 215 g/mol. The summed E-state index contributed by atoms with van der Waals surface area (Å²) in [6.45, 7) is 10.6. The first-order chi connectivity index (χ1) is 7.20. The zero-order valence-corrected chi connectivity index (χ0v) is 9.45. The predicted molar refractivity (Wildman–Crippen MR) is 58.6 cm³/mol. The van der Waals surface area contributed by atoms with Crippen LogP contribution in [0.1, 0.15) is 13.3 Å². The zero-order chi connectivity index (χ0) is 11.1. The molecule has 0 radical (unpaired) electrons. The molecule has 1 atom stereocenters. The van der Waals surface area contributed by atoms with Gasteiger partial charge in [0, 0.05) is 19.6 Å². The molecule has 0 aromatic rings. The zero-order valence-electron chi connectivity index (χ0n) is 9.45. The van der Waals surface area contributed by atoms with Crippen molar-refractivity contribution in [3.8, 4) is 0 Å². The minimum Gasteiger partial charge on any atom is -0.496 e. The molecule has 0 aromatic carbocycles. The van der Waals surface area contributed by atoms with Gasteiger partial charge in [-0.1, -0.05) is 6.58 Å². The summed E-state index contributed by atoms with van der Waals surface area (Å²) in [6.07, 6.45) is 0.388. The Bertz CT molecular complexity index is 188. The highest BCUT2D eigenvalue weighted by Gasteiger charge is 2.09. The molecule has 0 spiro atoms. The smallest absolute Gasteiger partial charge is 0.117 e.